The zero-order valence-corrected chi connectivity index (χ0v) is 10.8. The van der Waals surface area contributed by atoms with E-state index in [0.717, 1.165) is 0 Å². The Bertz CT molecular complexity index is 398. The van der Waals surface area contributed by atoms with Gasteiger partial charge in [0.1, 0.15) is 5.75 Å². The van der Waals surface area contributed by atoms with Gasteiger partial charge < -0.3 is 15.2 Å². The number of hydrogen-bond acceptors (Lipinski definition) is 3. The molecule has 1 rings (SSSR count). The van der Waals surface area contributed by atoms with Crippen LogP contribution < -0.4 is 10.1 Å². The number of hydrogen-bond donors (Lipinski definition) is 2. The highest BCUT2D eigenvalue weighted by molar-refractivity contribution is 6.42. The zero-order valence-electron chi connectivity index (χ0n) is 9.24. The molecule has 2 N–H and O–H groups in total. The quantitative estimate of drug-likeness (QED) is 0.864. The third kappa shape index (κ3) is 4.81. The topological polar surface area (TPSA) is 58.6 Å². The molecule has 0 fully saturated rings. The van der Waals surface area contributed by atoms with Gasteiger partial charge in [0.05, 0.1) is 16.7 Å². The van der Waals surface area contributed by atoms with Crippen molar-refractivity contribution in [3.8, 4) is 5.75 Å². The van der Waals surface area contributed by atoms with E-state index in [9.17, 15) is 4.79 Å². The zero-order chi connectivity index (χ0) is 12.8. The first-order valence-corrected chi connectivity index (χ1v) is 5.76. The molecule has 0 bridgehead atoms. The van der Waals surface area contributed by atoms with Crippen molar-refractivity contribution in [2.75, 3.05) is 13.2 Å². The van der Waals surface area contributed by atoms with Crippen LogP contribution in [0.25, 0.3) is 0 Å². The third-order valence-corrected chi connectivity index (χ3v) is 2.68. The smallest absolute Gasteiger partial charge is 0.258 e. The van der Waals surface area contributed by atoms with Crippen LogP contribution >= 0.6 is 23.2 Å². The lowest BCUT2D eigenvalue weighted by Crippen LogP contribution is -2.38. The number of halogens is 2. The lowest BCUT2D eigenvalue weighted by molar-refractivity contribution is -0.123. The minimum atomic E-state index is -0.308. The van der Waals surface area contributed by atoms with E-state index in [0.29, 0.717) is 15.8 Å². The molecule has 0 saturated carbocycles. The van der Waals surface area contributed by atoms with Gasteiger partial charge in [-0.2, -0.15) is 0 Å². The maximum Gasteiger partial charge on any atom is 0.258 e. The SMILES string of the molecule is CC(CO)NC(=O)COc1ccc(Cl)c(Cl)c1. The summed E-state index contributed by atoms with van der Waals surface area (Å²) in [5, 5.41) is 12.1. The molecule has 0 aromatic heterocycles. The monoisotopic (exact) mass is 277 g/mol. The van der Waals surface area contributed by atoms with Crippen molar-refractivity contribution in [2.45, 2.75) is 13.0 Å². The first-order chi connectivity index (χ1) is 8.02. The number of benzene rings is 1. The molecule has 17 heavy (non-hydrogen) atoms. The fraction of sp³-hybridized carbons (Fsp3) is 0.364. The van der Waals surface area contributed by atoms with Crippen LogP contribution in [0.1, 0.15) is 6.92 Å². The molecule has 0 aliphatic carbocycles. The van der Waals surface area contributed by atoms with Crippen LogP contribution in [0, 0.1) is 0 Å². The van der Waals surface area contributed by atoms with Gasteiger partial charge in [0.2, 0.25) is 0 Å². The maximum absolute atomic E-state index is 11.3. The molecule has 1 unspecified atom stereocenters. The highest BCUT2D eigenvalue weighted by Crippen LogP contribution is 2.26. The van der Waals surface area contributed by atoms with Crippen molar-refractivity contribution in [3.63, 3.8) is 0 Å². The first kappa shape index (κ1) is 14.1. The number of aliphatic hydroxyl groups is 1. The predicted octanol–water partition coefficient (Wildman–Crippen LogP) is 1.87. The normalized spacial score (nSPS) is 12.0. The summed E-state index contributed by atoms with van der Waals surface area (Å²) in [6.07, 6.45) is 0. The molecule has 6 heteroatoms. The Kier molecular flexibility index (Phi) is 5.55. The van der Waals surface area contributed by atoms with Crippen molar-refractivity contribution in [3.05, 3.63) is 28.2 Å². The third-order valence-electron chi connectivity index (χ3n) is 1.94. The first-order valence-electron chi connectivity index (χ1n) is 5.01. The van der Waals surface area contributed by atoms with E-state index < -0.39 is 0 Å². The van der Waals surface area contributed by atoms with Gasteiger partial charge in [-0.15, -0.1) is 0 Å². The van der Waals surface area contributed by atoms with E-state index in [2.05, 4.69) is 5.32 Å². The number of nitrogens with one attached hydrogen (secondary N) is 1. The van der Waals surface area contributed by atoms with Crippen molar-refractivity contribution in [2.24, 2.45) is 0 Å². The van der Waals surface area contributed by atoms with Gasteiger partial charge in [-0.25, -0.2) is 0 Å². The molecule has 4 nitrogen and oxygen atoms in total. The highest BCUT2D eigenvalue weighted by atomic mass is 35.5. The molecule has 0 spiro atoms. The predicted molar refractivity (Wildman–Crippen MR) is 66.6 cm³/mol. The van der Waals surface area contributed by atoms with E-state index >= 15 is 0 Å². The number of aliphatic hydroxyl groups excluding tert-OH is 1. The standard InChI is InChI=1S/C11H13Cl2NO3/c1-7(5-15)14-11(16)6-17-8-2-3-9(12)10(13)4-8/h2-4,7,15H,5-6H2,1H3,(H,14,16). The van der Waals surface area contributed by atoms with E-state index in [1.165, 1.54) is 6.07 Å². The minimum absolute atomic E-state index is 0.113. The molecule has 0 saturated heterocycles. The lowest BCUT2D eigenvalue weighted by Gasteiger charge is -2.11. The van der Waals surface area contributed by atoms with E-state index in [1.54, 1.807) is 19.1 Å². The fourth-order valence-electron chi connectivity index (χ4n) is 1.08. The van der Waals surface area contributed by atoms with Crippen LogP contribution in [0.5, 0.6) is 5.75 Å². The van der Waals surface area contributed by atoms with Gasteiger partial charge in [0.25, 0.3) is 5.91 Å². The maximum atomic E-state index is 11.3. The van der Waals surface area contributed by atoms with Crippen LogP contribution in [0.2, 0.25) is 10.0 Å². The summed E-state index contributed by atoms with van der Waals surface area (Å²) >= 11 is 11.5. The van der Waals surface area contributed by atoms with Crippen molar-refractivity contribution in [1.82, 2.24) is 5.32 Å². The number of ether oxygens (including phenoxy) is 1. The second-order valence-corrected chi connectivity index (χ2v) is 4.33. The largest absolute Gasteiger partial charge is 0.484 e. The summed E-state index contributed by atoms with van der Waals surface area (Å²) in [4.78, 5) is 11.3. The Morgan fingerprint density at radius 3 is 2.76 bits per heavy atom. The number of carbonyl (C=O) groups is 1. The summed E-state index contributed by atoms with van der Waals surface area (Å²) in [5.41, 5.74) is 0. The molecule has 1 aromatic carbocycles. The summed E-state index contributed by atoms with van der Waals surface area (Å²) in [5.74, 6) is 0.156. The van der Waals surface area contributed by atoms with E-state index in [1.807, 2.05) is 0 Å². The summed E-state index contributed by atoms with van der Waals surface area (Å²) in [6, 6.07) is 4.46. The van der Waals surface area contributed by atoms with Gasteiger partial charge in [0.15, 0.2) is 6.61 Å². The van der Waals surface area contributed by atoms with Crippen molar-refractivity contribution >= 4 is 29.1 Å². The Morgan fingerprint density at radius 2 is 2.18 bits per heavy atom. The second kappa shape index (κ2) is 6.69. The molecule has 1 amide bonds. The number of amides is 1. The van der Waals surface area contributed by atoms with Gasteiger partial charge >= 0.3 is 0 Å². The molecule has 94 valence electrons. The van der Waals surface area contributed by atoms with Gasteiger partial charge in [0, 0.05) is 12.1 Å². The van der Waals surface area contributed by atoms with Crippen LogP contribution in [-0.4, -0.2) is 30.3 Å². The average Bonchev–Trinajstić information content (AvgIpc) is 2.30. The van der Waals surface area contributed by atoms with Crippen LogP contribution in [0.3, 0.4) is 0 Å². The molecule has 0 heterocycles. The van der Waals surface area contributed by atoms with Crippen LogP contribution in [-0.2, 0) is 4.79 Å². The summed E-state index contributed by atoms with van der Waals surface area (Å²) in [6.45, 7) is 1.44. The minimum Gasteiger partial charge on any atom is -0.484 e. The van der Waals surface area contributed by atoms with Crippen molar-refractivity contribution < 1.29 is 14.6 Å². The molecule has 0 aliphatic heterocycles. The molecular formula is C11H13Cl2NO3. The molecular weight excluding hydrogens is 265 g/mol. The second-order valence-electron chi connectivity index (χ2n) is 3.52. The molecule has 1 atom stereocenters. The van der Waals surface area contributed by atoms with E-state index in [-0.39, 0.29) is 25.2 Å². The Balaban J connectivity index is 2.45. The number of rotatable bonds is 5. The van der Waals surface area contributed by atoms with Gasteiger partial charge in [-0.3, -0.25) is 4.79 Å². The van der Waals surface area contributed by atoms with Crippen molar-refractivity contribution in [1.29, 1.82) is 0 Å². The molecule has 1 aromatic rings. The van der Waals surface area contributed by atoms with Crippen LogP contribution in [0.4, 0.5) is 0 Å². The molecule has 0 aliphatic rings. The van der Waals surface area contributed by atoms with Gasteiger partial charge in [-0.1, -0.05) is 23.2 Å². The highest BCUT2D eigenvalue weighted by Gasteiger charge is 2.07. The summed E-state index contributed by atoms with van der Waals surface area (Å²) in [7, 11) is 0. The van der Waals surface area contributed by atoms with E-state index in [4.69, 9.17) is 33.0 Å². The van der Waals surface area contributed by atoms with Crippen LogP contribution in [0.15, 0.2) is 18.2 Å². The fourth-order valence-corrected chi connectivity index (χ4v) is 1.37. The lowest BCUT2D eigenvalue weighted by atomic mass is 10.3. The average molecular weight is 278 g/mol. The Hall–Kier alpha value is -0.970. The number of carbonyl (C=O) groups excluding carboxylic acids is 1. The summed E-state index contributed by atoms with van der Waals surface area (Å²) < 4.78 is 5.21. The Labute approximate surface area is 109 Å². The van der Waals surface area contributed by atoms with Gasteiger partial charge in [-0.05, 0) is 19.1 Å². The molecule has 0 radical (unpaired) electrons. The Morgan fingerprint density at radius 1 is 1.47 bits per heavy atom.